The predicted molar refractivity (Wildman–Crippen MR) is 141 cm³/mol. The van der Waals surface area contributed by atoms with Crippen molar-refractivity contribution in [3.05, 3.63) is 65.1 Å². The topological polar surface area (TPSA) is 57.2 Å². The van der Waals surface area contributed by atoms with E-state index in [4.69, 9.17) is 4.98 Å². The number of likely N-dealkylation sites (tertiary alicyclic amines) is 1. The molecule has 0 bridgehead atoms. The summed E-state index contributed by atoms with van der Waals surface area (Å²) in [6.45, 7) is 6.30. The van der Waals surface area contributed by atoms with Gasteiger partial charge in [-0.2, -0.15) is 0 Å². The molecule has 0 radical (unpaired) electrons. The number of hydrogen-bond acceptors (Lipinski definition) is 7. The van der Waals surface area contributed by atoms with Gasteiger partial charge in [-0.15, -0.1) is 11.3 Å². The maximum atomic E-state index is 4.77. The molecule has 0 atom stereocenters. The molecular weight excluding hydrogens is 440 g/mol. The standard InChI is InChI=1S/C27H30N6S/c1-18-11-20(25-14-28-17-34-25)13-24-26(18)29-16-30-27(24)33-10-5-19-3-4-23(12-21(19)15-33)31-22-6-8-32(2)9-7-22/h3-4,11-14,16-17,22,31H,5-10,15H2,1-2H3. The lowest BCUT2D eigenvalue weighted by Crippen LogP contribution is -2.36. The molecule has 1 N–H and O–H groups in total. The van der Waals surface area contributed by atoms with Gasteiger partial charge in [0.2, 0.25) is 0 Å². The molecule has 0 spiro atoms. The maximum absolute atomic E-state index is 4.77. The number of aryl methyl sites for hydroxylation is 1. The Morgan fingerprint density at radius 1 is 1.03 bits per heavy atom. The van der Waals surface area contributed by atoms with E-state index in [1.165, 1.54) is 58.7 Å². The number of benzene rings is 2. The van der Waals surface area contributed by atoms with Crippen molar-refractivity contribution >= 4 is 33.7 Å². The minimum absolute atomic E-state index is 0.563. The highest BCUT2D eigenvalue weighted by molar-refractivity contribution is 7.13. The van der Waals surface area contributed by atoms with Gasteiger partial charge in [0.25, 0.3) is 0 Å². The van der Waals surface area contributed by atoms with Crippen LogP contribution in [0.15, 0.2) is 48.4 Å². The summed E-state index contributed by atoms with van der Waals surface area (Å²) in [5, 5.41) is 4.91. The molecule has 6 rings (SSSR count). The Kier molecular flexibility index (Phi) is 5.67. The minimum Gasteiger partial charge on any atom is -0.382 e. The zero-order valence-corrected chi connectivity index (χ0v) is 20.6. The van der Waals surface area contributed by atoms with Crippen LogP contribution in [0, 0.1) is 6.92 Å². The number of rotatable bonds is 4. The van der Waals surface area contributed by atoms with E-state index < -0.39 is 0 Å². The first-order valence-electron chi connectivity index (χ1n) is 12.1. The number of nitrogens with zero attached hydrogens (tertiary/aromatic N) is 5. The summed E-state index contributed by atoms with van der Waals surface area (Å²) in [4.78, 5) is 19.7. The zero-order chi connectivity index (χ0) is 23.1. The van der Waals surface area contributed by atoms with E-state index >= 15 is 0 Å². The summed E-state index contributed by atoms with van der Waals surface area (Å²) in [7, 11) is 2.21. The van der Waals surface area contributed by atoms with Crippen molar-refractivity contribution in [3.8, 4) is 10.4 Å². The number of anilines is 2. The fraction of sp³-hybridized carbons (Fsp3) is 0.370. The molecule has 2 aromatic heterocycles. The first kappa shape index (κ1) is 21.5. The number of piperidine rings is 1. The number of hydrogen-bond donors (Lipinski definition) is 1. The number of nitrogens with one attached hydrogen (secondary N) is 1. The molecule has 4 aromatic rings. The predicted octanol–water partition coefficient (Wildman–Crippen LogP) is 5.13. The van der Waals surface area contributed by atoms with Gasteiger partial charge in [0.15, 0.2) is 0 Å². The van der Waals surface area contributed by atoms with E-state index in [9.17, 15) is 0 Å². The first-order valence-corrected chi connectivity index (χ1v) is 13.0. The van der Waals surface area contributed by atoms with Crippen LogP contribution in [0.4, 0.5) is 11.5 Å². The zero-order valence-electron chi connectivity index (χ0n) is 19.8. The van der Waals surface area contributed by atoms with E-state index in [1.54, 1.807) is 17.7 Å². The lowest BCUT2D eigenvalue weighted by molar-refractivity contribution is 0.264. The molecule has 7 heteroatoms. The number of fused-ring (bicyclic) bond motifs is 2. The van der Waals surface area contributed by atoms with Crippen molar-refractivity contribution < 1.29 is 0 Å². The molecule has 0 aliphatic carbocycles. The summed E-state index contributed by atoms with van der Waals surface area (Å²) in [5.41, 5.74) is 9.36. The lowest BCUT2D eigenvalue weighted by atomic mass is 9.97. The Morgan fingerprint density at radius 3 is 2.74 bits per heavy atom. The van der Waals surface area contributed by atoms with Gasteiger partial charge in [0.1, 0.15) is 12.1 Å². The van der Waals surface area contributed by atoms with Crippen LogP contribution in [0.1, 0.15) is 29.5 Å². The van der Waals surface area contributed by atoms with Crippen LogP contribution in [0.5, 0.6) is 0 Å². The summed E-state index contributed by atoms with van der Waals surface area (Å²) in [6, 6.07) is 11.9. The molecule has 174 valence electrons. The molecule has 0 amide bonds. The van der Waals surface area contributed by atoms with Crippen LogP contribution in [-0.2, 0) is 13.0 Å². The summed E-state index contributed by atoms with van der Waals surface area (Å²) >= 11 is 1.67. The van der Waals surface area contributed by atoms with Crippen molar-refractivity contribution in [1.82, 2.24) is 19.9 Å². The van der Waals surface area contributed by atoms with Crippen molar-refractivity contribution in [2.75, 3.05) is 36.9 Å². The van der Waals surface area contributed by atoms with Crippen LogP contribution < -0.4 is 10.2 Å². The van der Waals surface area contributed by atoms with E-state index in [0.717, 1.165) is 36.2 Å². The van der Waals surface area contributed by atoms with Crippen molar-refractivity contribution in [2.45, 2.75) is 38.8 Å². The van der Waals surface area contributed by atoms with Gasteiger partial charge in [0.05, 0.1) is 15.9 Å². The van der Waals surface area contributed by atoms with Gasteiger partial charge in [-0.05, 0) is 92.8 Å². The molecular formula is C27H30N6S. The fourth-order valence-electron chi connectivity index (χ4n) is 5.30. The monoisotopic (exact) mass is 470 g/mol. The van der Waals surface area contributed by atoms with E-state index in [2.05, 4.69) is 69.4 Å². The average molecular weight is 471 g/mol. The highest BCUT2D eigenvalue weighted by Crippen LogP contribution is 2.34. The van der Waals surface area contributed by atoms with Crippen LogP contribution in [0.3, 0.4) is 0 Å². The summed E-state index contributed by atoms with van der Waals surface area (Å²) in [6.07, 6.45) is 7.08. The Hall–Kier alpha value is -3.03. The molecule has 2 aromatic carbocycles. The molecule has 0 saturated carbocycles. The van der Waals surface area contributed by atoms with Crippen molar-refractivity contribution in [3.63, 3.8) is 0 Å². The molecule has 4 heterocycles. The normalized spacial score (nSPS) is 17.2. The summed E-state index contributed by atoms with van der Waals surface area (Å²) < 4.78 is 0. The third-order valence-corrected chi connectivity index (χ3v) is 8.05. The maximum Gasteiger partial charge on any atom is 0.140 e. The van der Waals surface area contributed by atoms with Gasteiger partial charge >= 0.3 is 0 Å². The molecule has 0 unspecified atom stereocenters. The Bertz CT molecular complexity index is 1310. The fourth-order valence-corrected chi connectivity index (χ4v) is 5.91. The molecule has 1 fully saturated rings. The van der Waals surface area contributed by atoms with Gasteiger partial charge in [-0.25, -0.2) is 9.97 Å². The SMILES string of the molecule is Cc1cc(-c2cncs2)cc2c(N3CCc4ccc(NC5CCN(C)CC5)cc4C3)ncnc12. The molecule has 34 heavy (non-hydrogen) atoms. The minimum atomic E-state index is 0.563. The quantitative estimate of drug-likeness (QED) is 0.446. The molecule has 2 aliphatic rings. The van der Waals surface area contributed by atoms with E-state index in [1.807, 2.05) is 11.7 Å². The Morgan fingerprint density at radius 2 is 1.91 bits per heavy atom. The van der Waals surface area contributed by atoms with Crippen LogP contribution in [0.2, 0.25) is 0 Å². The molecule has 2 aliphatic heterocycles. The highest BCUT2D eigenvalue weighted by atomic mass is 32.1. The smallest absolute Gasteiger partial charge is 0.140 e. The second kappa shape index (κ2) is 8.96. The Balaban J connectivity index is 1.30. The van der Waals surface area contributed by atoms with E-state index in [0.29, 0.717) is 6.04 Å². The van der Waals surface area contributed by atoms with Gasteiger partial charge in [-0.3, -0.25) is 4.98 Å². The van der Waals surface area contributed by atoms with Crippen LogP contribution in [0.25, 0.3) is 21.3 Å². The number of thiazole rings is 1. The highest BCUT2D eigenvalue weighted by Gasteiger charge is 2.22. The van der Waals surface area contributed by atoms with Crippen molar-refractivity contribution in [2.24, 2.45) is 0 Å². The lowest BCUT2D eigenvalue weighted by Gasteiger charge is -2.32. The Labute approximate surface area is 204 Å². The van der Waals surface area contributed by atoms with Gasteiger partial charge in [0, 0.05) is 36.4 Å². The van der Waals surface area contributed by atoms with Crippen molar-refractivity contribution in [1.29, 1.82) is 0 Å². The molecule has 6 nitrogen and oxygen atoms in total. The second-order valence-corrected chi connectivity index (χ2v) is 10.5. The third-order valence-electron chi connectivity index (χ3n) is 7.23. The van der Waals surface area contributed by atoms with E-state index in [-0.39, 0.29) is 0 Å². The second-order valence-electron chi connectivity index (χ2n) is 9.63. The van der Waals surface area contributed by atoms with Gasteiger partial charge < -0.3 is 15.1 Å². The number of aromatic nitrogens is 3. The van der Waals surface area contributed by atoms with Crippen LogP contribution in [-0.4, -0.2) is 52.6 Å². The summed E-state index contributed by atoms with van der Waals surface area (Å²) in [5.74, 6) is 1.03. The van der Waals surface area contributed by atoms with Gasteiger partial charge in [-0.1, -0.05) is 6.07 Å². The average Bonchev–Trinajstić information content (AvgIpc) is 3.40. The first-order chi connectivity index (χ1) is 16.6. The molecule has 1 saturated heterocycles. The van der Waals surface area contributed by atoms with Crippen LogP contribution >= 0.6 is 11.3 Å². The largest absolute Gasteiger partial charge is 0.382 e. The third kappa shape index (κ3) is 4.14.